The van der Waals surface area contributed by atoms with E-state index < -0.39 is 0 Å². The highest BCUT2D eigenvalue weighted by molar-refractivity contribution is 4.87. The summed E-state index contributed by atoms with van der Waals surface area (Å²) in [5.74, 6) is 1.01. The molecular weight excluding hydrogens is 204 g/mol. The van der Waals surface area contributed by atoms with Gasteiger partial charge in [-0.15, -0.1) is 0 Å². The topological polar surface area (TPSA) is 52.0 Å². The maximum atomic E-state index is 5.51. The third-order valence-electron chi connectivity index (χ3n) is 3.03. The summed E-state index contributed by atoms with van der Waals surface area (Å²) < 4.78 is 7.47. The minimum absolute atomic E-state index is 0.308. The van der Waals surface area contributed by atoms with Gasteiger partial charge in [-0.3, -0.25) is 0 Å². The first-order valence-corrected chi connectivity index (χ1v) is 6.03. The molecule has 0 spiro atoms. The van der Waals surface area contributed by atoms with Gasteiger partial charge in [-0.05, 0) is 19.8 Å². The van der Waals surface area contributed by atoms with Crippen LogP contribution in [0.4, 0.5) is 0 Å². The highest BCUT2D eigenvalue weighted by Gasteiger charge is 2.23. The van der Waals surface area contributed by atoms with E-state index in [0.29, 0.717) is 12.1 Å². The van der Waals surface area contributed by atoms with Gasteiger partial charge in [0, 0.05) is 19.2 Å². The predicted octanol–water partition coefficient (Wildman–Crippen LogP) is 0.955. The van der Waals surface area contributed by atoms with Gasteiger partial charge in [-0.25, -0.2) is 9.67 Å². The molecule has 0 bridgehead atoms. The van der Waals surface area contributed by atoms with Crippen LogP contribution in [0.25, 0.3) is 0 Å². The van der Waals surface area contributed by atoms with Crippen molar-refractivity contribution in [3.05, 3.63) is 12.2 Å². The molecular formula is C11H20N4O. The summed E-state index contributed by atoms with van der Waals surface area (Å²) in [5, 5.41) is 7.69. The quantitative estimate of drug-likeness (QED) is 0.809. The highest BCUT2D eigenvalue weighted by atomic mass is 16.5. The molecule has 16 heavy (non-hydrogen) atoms. The van der Waals surface area contributed by atoms with Crippen LogP contribution in [0.3, 0.4) is 0 Å². The molecule has 5 nitrogen and oxygen atoms in total. The molecule has 1 aliphatic rings. The smallest absolute Gasteiger partial charge is 0.140 e. The van der Waals surface area contributed by atoms with Crippen LogP contribution in [0.15, 0.2) is 6.33 Å². The Morgan fingerprint density at radius 2 is 2.50 bits per heavy atom. The van der Waals surface area contributed by atoms with E-state index >= 15 is 0 Å². The Hall–Kier alpha value is -0.940. The first kappa shape index (κ1) is 11.5. The van der Waals surface area contributed by atoms with Crippen molar-refractivity contribution in [1.29, 1.82) is 0 Å². The summed E-state index contributed by atoms with van der Waals surface area (Å²) in [6, 6.07) is 0.451. The molecule has 1 fully saturated rings. The van der Waals surface area contributed by atoms with Crippen molar-refractivity contribution in [2.24, 2.45) is 0 Å². The average Bonchev–Trinajstić information content (AvgIpc) is 2.86. The number of aryl methyl sites for hydroxylation is 1. The summed E-state index contributed by atoms with van der Waals surface area (Å²) in [6.07, 6.45) is 4.10. The largest absolute Gasteiger partial charge is 0.377 e. The van der Waals surface area contributed by atoms with Crippen LogP contribution in [-0.2, 0) is 17.8 Å². The fourth-order valence-corrected chi connectivity index (χ4v) is 2.05. The van der Waals surface area contributed by atoms with Crippen LogP contribution in [0, 0.1) is 0 Å². The molecule has 1 aliphatic heterocycles. The van der Waals surface area contributed by atoms with Crippen molar-refractivity contribution in [2.45, 2.75) is 51.9 Å². The standard InChI is InChI=1S/C11H20N4O/c1-3-5-15-11(13-8-14-15)7-12-10-4-6-16-9(10)2/h8-10,12H,3-7H2,1-2H3. The maximum Gasteiger partial charge on any atom is 0.140 e. The second-order valence-electron chi connectivity index (χ2n) is 4.25. The Labute approximate surface area is 96.2 Å². The summed E-state index contributed by atoms with van der Waals surface area (Å²) in [6.45, 7) is 6.83. The Balaban J connectivity index is 1.86. The van der Waals surface area contributed by atoms with E-state index in [1.807, 2.05) is 4.68 Å². The van der Waals surface area contributed by atoms with E-state index in [1.54, 1.807) is 6.33 Å². The first-order valence-electron chi connectivity index (χ1n) is 6.03. The van der Waals surface area contributed by atoms with Crippen molar-refractivity contribution in [2.75, 3.05) is 6.61 Å². The third kappa shape index (κ3) is 2.59. The first-order chi connectivity index (χ1) is 7.81. The minimum atomic E-state index is 0.308. The summed E-state index contributed by atoms with van der Waals surface area (Å²) in [5.41, 5.74) is 0. The fourth-order valence-electron chi connectivity index (χ4n) is 2.05. The molecule has 90 valence electrons. The Morgan fingerprint density at radius 1 is 1.62 bits per heavy atom. The van der Waals surface area contributed by atoms with Crippen LogP contribution in [0.1, 0.15) is 32.5 Å². The zero-order valence-corrected chi connectivity index (χ0v) is 10.0. The molecule has 2 rings (SSSR count). The molecule has 0 aliphatic carbocycles. The van der Waals surface area contributed by atoms with Crippen molar-refractivity contribution >= 4 is 0 Å². The number of nitrogens with zero attached hydrogens (tertiary/aromatic N) is 3. The van der Waals surface area contributed by atoms with Gasteiger partial charge in [-0.2, -0.15) is 5.10 Å². The highest BCUT2D eigenvalue weighted by Crippen LogP contribution is 2.12. The van der Waals surface area contributed by atoms with Crippen LogP contribution in [0.5, 0.6) is 0 Å². The molecule has 0 amide bonds. The Kier molecular flexibility index (Phi) is 3.90. The lowest BCUT2D eigenvalue weighted by molar-refractivity contribution is 0.112. The van der Waals surface area contributed by atoms with Gasteiger partial charge in [0.1, 0.15) is 12.2 Å². The number of ether oxygens (including phenoxy) is 1. The molecule has 0 aromatic carbocycles. The van der Waals surface area contributed by atoms with E-state index in [2.05, 4.69) is 29.2 Å². The van der Waals surface area contributed by atoms with Gasteiger partial charge in [0.05, 0.1) is 12.6 Å². The van der Waals surface area contributed by atoms with Gasteiger partial charge in [-0.1, -0.05) is 6.92 Å². The zero-order chi connectivity index (χ0) is 11.4. The van der Waals surface area contributed by atoms with E-state index in [1.165, 1.54) is 0 Å². The second kappa shape index (κ2) is 5.41. The van der Waals surface area contributed by atoms with E-state index in [0.717, 1.165) is 38.4 Å². The molecule has 2 unspecified atom stereocenters. The number of rotatable bonds is 5. The lowest BCUT2D eigenvalue weighted by atomic mass is 10.1. The summed E-state index contributed by atoms with van der Waals surface area (Å²) in [7, 11) is 0. The molecule has 1 saturated heterocycles. The SMILES string of the molecule is CCCn1ncnc1CNC1CCOC1C. The molecule has 0 radical (unpaired) electrons. The van der Waals surface area contributed by atoms with Crippen LogP contribution in [0.2, 0.25) is 0 Å². The van der Waals surface area contributed by atoms with Crippen molar-refractivity contribution in [3.8, 4) is 0 Å². The number of hydrogen-bond acceptors (Lipinski definition) is 4. The monoisotopic (exact) mass is 224 g/mol. The Bertz CT molecular complexity index is 326. The number of hydrogen-bond donors (Lipinski definition) is 1. The van der Waals surface area contributed by atoms with Crippen molar-refractivity contribution in [3.63, 3.8) is 0 Å². The molecule has 1 N–H and O–H groups in total. The lowest BCUT2D eigenvalue weighted by Crippen LogP contribution is -2.35. The van der Waals surface area contributed by atoms with Gasteiger partial charge < -0.3 is 10.1 Å². The predicted molar refractivity (Wildman–Crippen MR) is 61.0 cm³/mol. The third-order valence-corrected chi connectivity index (χ3v) is 3.03. The van der Waals surface area contributed by atoms with Gasteiger partial charge in [0.15, 0.2) is 0 Å². The second-order valence-corrected chi connectivity index (χ2v) is 4.25. The van der Waals surface area contributed by atoms with Crippen LogP contribution < -0.4 is 5.32 Å². The Morgan fingerprint density at radius 3 is 3.19 bits per heavy atom. The van der Waals surface area contributed by atoms with Crippen molar-refractivity contribution in [1.82, 2.24) is 20.1 Å². The molecule has 1 aromatic heterocycles. The summed E-state index contributed by atoms with van der Waals surface area (Å²) >= 11 is 0. The molecule has 2 heterocycles. The molecule has 0 saturated carbocycles. The maximum absolute atomic E-state index is 5.51. The normalized spacial score (nSPS) is 25.1. The van der Waals surface area contributed by atoms with E-state index in [4.69, 9.17) is 4.74 Å². The lowest BCUT2D eigenvalue weighted by Gasteiger charge is -2.15. The van der Waals surface area contributed by atoms with Crippen LogP contribution in [-0.4, -0.2) is 33.5 Å². The fraction of sp³-hybridized carbons (Fsp3) is 0.818. The van der Waals surface area contributed by atoms with Crippen molar-refractivity contribution < 1.29 is 4.74 Å². The summed E-state index contributed by atoms with van der Waals surface area (Å²) in [4.78, 5) is 4.27. The number of nitrogens with one attached hydrogen (secondary N) is 1. The van der Waals surface area contributed by atoms with Crippen LogP contribution >= 0.6 is 0 Å². The van der Waals surface area contributed by atoms with Gasteiger partial charge >= 0.3 is 0 Å². The average molecular weight is 224 g/mol. The zero-order valence-electron chi connectivity index (χ0n) is 10.0. The van der Waals surface area contributed by atoms with Gasteiger partial charge in [0.2, 0.25) is 0 Å². The van der Waals surface area contributed by atoms with Gasteiger partial charge in [0.25, 0.3) is 0 Å². The van der Waals surface area contributed by atoms with E-state index in [-0.39, 0.29) is 0 Å². The van der Waals surface area contributed by atoms with E-state index in [9.17, 15) is 0 Å². The molecule has 1 aromatic rings. The minimum Gasteiger partial charge on any atom is -0.377 e. The molecule has 5 heteroatoms. The molecule has 2 atom stereocenters. The number of aromatic nitrogens is 3.